The molecule has 0 aromatic carbocycles. The van der Waals surface area contributed by atoms with Crippen LogP contribution >= 0.6 is 0 Å². The van der Waals surface area contributed by atoms with Gasteiger partial charge in [0.1, 0.15) is 18.2 Å². The Balaban J connectivity index is 2.65. The number of ether oxygens (including phenoxy) is 2. The maximum absolute atomic E-state index is 10.9. The van der Waals surface area contributed by atoms with Crippen LogP contribution in [0.4, 0.5) is 0 Å². The molecule has 4 atom stereocenters. The molecule has 1 fully saturated rings. The fraction of sp³-hybridized carbons (Fsp3) is 0.889. The van der Waals surface area contributed by atoms with E-state index in [1.165, 1.54) is 6.92 Å². The van der Waals surface area contributed by atoms with Crippen LogP contribution in [0.5, 0.6) is 0 Å². The first-order valence-electron chi connectivity index (χ1n) is 4.92. The highest BCUT2D eigenvalue weighted by molar-refractivity contribution is 5.73. The van der Waals surface area contributed by atoms with Crippen LogP contribution in [0.15, 0.2) is 0 Å². The van der Waals surface area contributed by atoms with E-state index in [2.05, 4.69) is 5.32 Å². The van der Waals surface area contributed by atoms with Crippen molar-refractivity contribution >= 4 is 5.91 Å². The van der Waals surface area contributed by atoms with Crippen LogP contribution in [0.3, 0.4) is 0 Å². The normalized spacial score (nSPS) is 36.3. The third-order valence-corrected chi connectivity index (χ3v) is 2.19. The van der Waals surface area contributed by atoms with Gasteiger partial charge in [-0.25, -0.2) is 0 Å². The van der Waals surface area contributed by atoms with Gasteiger partial charge in [-0.05, 0) is 6.92 Å². The van der Waals surface area contributed by atoms with Gasteiger partial charge in [0.25, 0.3) is 0 Å². The number of amides is 1. The van der Waals surface area contributed by atoms with Crippen LogP contribution in [-0.2, 0) is 14.3 Å². The Morgan fingerprint density at radius 1 is 1.60 bits per heavy atom. The first-order valence-corrected chi connectivity index (χ1v) is 4.92. The van der Waals surface area contributed by atoms with E-state index in [4.69, 9.17) is 9.47 Å². The summed E-state index contributed by atoms with van der Waals surface area (Å²) < 4.78 is 10.4. The van der Waals surface area contributed by atoms with Crippen LogP contribution < -0.4 is 5.32 Å². The van der Waals surface area contributed by atoms with Crippen LogP contribution in [-0.4, -0.2) is 53.9 Å². The zero-order valence-electron chi connectivity index (χ0n) is 8.84. The third kappa shape index (κ3) is 3.13. The molecule has 0 spiro atoms. The fourth-order valence-corrected chi connectivity index (χ4v) is 1.50. The lowest BCUT2D eigenvalue weighted by Crippen LogP contribution is -2.60. The summed E-state index contributed by atoms with van der Waals surface area (Å²) >= 11 is 0. The zero-order valence-corrected chi connectivity index (χ0v) is 8.84. The average molecular weight is 219 g/mol. The number of carbonyl (C=O) groups excluding carboxylic acids is 1. The van der Waals surface area contributed by atoms with Crippen molar-refractivity contribution in [3.05, 3.63) is 0 Å². The maximum atomic E-state index is 10.9. The lowest BCUT2D eigenvalue weighted by Gasteiger charge is -2.37. The van der Waals surface area contributed by atoms with Gasteiger partial charge >= 0.3 is 0 Å². The summed E-state index contributed by atoms with van der Waals surface area (Å²) in [7, 11) is 0. The van der Waals surface area contributed by atoms with Crippen molar-refractivity contribution in [2.75, 3.05) is 13.2 Å². The molecule has 0 radical (unpaired) electrons. The molecule has 6 heteroatoms. The van der Waals surface area contributed by atoms with Crippen molar-refractivity contribution in [1.29, 1.82) is 0 Å². The molecule has 1 rings (SSSR count). The first kappa shape index (κ1) is 12.4. The van der Waals surface area contributed by atoms with Crippen LogP contribution in [0, 0.1) is 0 Å². The summed E-state index contributed by atoms with van der Waals surface area (Å²) in [5.41, 5.74) is 0. The Bertz CT molecular complexity index is 223. The van der Waals surface area contributed by atoms with Crippen LogP contribution in [0.25, 0.3) is 0 Å². The van der Waals surface area contributed by atoms with Crippen LogP contribution in [0.1, 0.15) is 13.8 Å². The Kier molecular flexibility index (Phi) is 4.46. The van der Waals surface area contributed by atoms with Gasteiger partial charge in [0.15, 0.2) is 6.29 Å². The minimum absolute atomic E-state index is 0.00190. The van der Waals surface area contributed by atoms with Gasteiger partial charge in [-0.15, -0.1) is 0 Å². The number of hydrogen-bond donors (Lipinski definition) is 3. The van der Waals surface area contributed by atoms with Crippen molar-refractivity contribution in [3.8, 4) is 0 Å². The number of aliphatic hydroxyl groups is 2. The molecule has 0 aromatic heterocycles. The van der Waals surface area contributed by atoms with Gasteiger partial charge < -0.3 is 25.0 Å². The summed E-state index contributed by atoms with van der Waals surface area (Å²) in [5.74, 6) is -0.304. The number of carbonyl (C=O) groups is 1. The quantitative estimate of drug-likeness (QED) is 0.543. The average Bonchev–Trinajstić information content (AvgIpc) is 2.17. The van der Waals surface area contributed by atoms with Crippen molar-refractivity contribution in [2.45, 2.75) is 38.4 Å². The number of rotatable bonds is 3. The monoisotopic (exact) mass is 219 g/mol. The van der Waals surface area contributed by atoms with Crippen molar-refractivity contribution < 1.29 is 24.5 Å². The highest BCUT2D eigenvalue weighted by atomic mass is 16.7. The molecule has 1 heterocycles. The summed E-state index contributed by atoms with van der Waals surface area (Å²) in [6.07, 6.45) is -2.78. The lowest BCUT2D eigenvalue weighted by atomic mass is 10.0. The molecular formula is C9H17NO5. The Morgan fingerprint density at radius 2 is 2.27 bits per heavy atom. The topological polar surface area (TPSA) is 88.0 Å². The van der Waals surface area contributed by atoms with E-state index in [-0.39, 0.29) is 12.5 Å². The van der Waals surface area contributed by atoms with Gasteiger partial charge in [-0.2, -0.15) is 0 Å². The van der Waals surface area contributed by atoms with Crippen molar-refractivity contribution in [2.24, 2.45) is 0 Å². The van der Waals surface area contributed by atoms with E-state index in [0.29, 0.717) is 6.61 Å². The van der Waals surface area contributed by atoms with Gasteiger partial charge in [0.05, 0.1) is 6.61 Å². The smallest absolute Gasteiger partial charge is 0.217 e. The van der Waals surface area contributed by atoms with Gasteiger partial charge in [-0.3, -0.25) is 4.79 Å². The second-order valence-electron chi connectivity index (χ2n) is 3.44. The Hall–Kier alpha value is -0.690. The summed E-state index contributed by atoms with van der Waals surface area (Å²) in [6, 6.07) is -0.730. The minimum atomic E-state index is -1.07. The summed E-state index contributed by atoms with van der Waals surface area (Å²) in [5, 5.41) is 21.5. The third-order valence-electron chi connectivity index (χ3n) is 2.19. The molecule has 6 nitrogen and oxygen atoms in total. The molecular weight excluding hydrogens is 202 g/mol. The van der Waals surface area contributed by atoms with Gasteiger partial charge in [0, 0.05) is 13.5 Å². The van der Waals surface area contributed by atoms with Gasteiger partial charge in [-0.1, -0.05) is 0 Å². The van der Waals surface area contributed by atoms with E-state index < -0.39 is 24.5 Å². The first-order chi connectivity index (χ1) is 7.06. The standard InChI is InChI=1S/C9H17NO5/c1-3-14-9-7(10-5(2)11)8(13)6(12)4-15-9/h6-9,12-13H,3-4H2,1-2H3,(H,10,11)/t6-,7+,8-,9?/m0/s1. The second-order valence-corrected chi connectivity index (χ2v) is 3.44. The maximum Gasteiger partial charge on any atom is 0.217 e. The predicted molar refractivity (Wildman–Crippen MR) is 51.0 cm³/mol. The van der Waals surface area contributed by atoms with E-state index in [1.807, 2.05) is 0 Å². The van der Waals surface area contributed by atoms with Crippen molar-refractivity contribution in [1.82, 2.24) is 5.32 Å². The van der Waals surface area contributed by atoms with E-state index >= 15 is 0 Å². The highest BCUT2D eigenvalue weighted by Crippen LogP contribution is 2.16. The Morgan fingerprint density at radius 3 is 2.80 bits per heavy atom. The fourth-order valence-electron chi connectivity index (χ4n) is 1.50. The SMILES string of the molecule is CCOC1OC[C@H](O)[C@H](O)[C@H]1NC(C)=O. The molecule has 0 aromatic rings. The number of nitrogens with one attached hydrogen (secondary N) is 1. The molecule has 0 saturated carbocycles. The minimum Gasteiger partial charge on any atom is -0.388 e. The van der Waals surface area contributed by atoms with E-state index in [0.717, 1.165) is 0 Å². The summed E-state index contributed by atoms with van der Waals surface area (Å²) in [6.45, 7) is 3.52. The Labute approximate surface area is 88.2 Å². The van der Waals surface area contributed by atoms with E-state index in [1.54, 1.807) is 6.92 Å². The predicted octanol–water partition coefficient (Wildman–Crippen LogP) is -1.39. The van der Waals surface area contributed by atoms with Gasteiger partial charge in [0.2, 0.25) is 5.91 Å². The molecule has 1 unspecified atom stereocenters. The van der Waals surface area contributed by atoms with E-state index in [9.17, 15) is 15.0 Å². The largest absolute Gasteiger partial charge is 0.388 e. The molecule has 1 aliphatic rings. The molecule has 3 N–H and O–H groups in total. The lowest BCUT2D eigenvalue weighted by molar-refractivity contribution is -0.231. The zero-order chi connectivity index (χ0) is 11.4. The molecule has 15 heavy (non-hydrogen) atoms. The molecule has 0 bridgehead atoms. The molecule has 88 valence electrons. The number of aliphatic hydroxyl groups excluding tert-OH is 2. The highest BCUT2D eigenvalue weighted by Gasteiger charge is 2.39. The van der Waals surface area contributed by atoms with Crippen molar-refractivity contribution in [3.63, 3.8) is 0 Å². The molecule has 1 saturated heterocycles. The molecule has 1 amide bonds. The summed E-state index contributed by atoms with van der Waals surface area (Å²) in [4.78, 5) is 10.9. The number of hydrogen-bond acceptors (Lipinski definition) is 5. The van der Waals surface area contributed by atoms with Crippen LogP contribution in [0.2, 0.25) is 0 Å². The second kappa shape index (κ2) is 5.41. The molecule has 0 aliphatic carbocycles. The molecule has 1 aliphatic heterocycles.